The van der Waals surface area contributed by atoms with E-state index in [0.29, 0.717) is 5.69 Å². The lowest BCUT2D eigenvalue weighted by Gasteiger charge is -2.53. The number of nitrogens with one attached hydrogen (secondary N) is 1. The van der Waals surface area contributed by atoms with Crippen molar-refractivity contribution >= 4 is 21.4 Å². The number of nitrogens with zero attached hydrogens (tertiary/aromatic N) is 2. The Labute approximate surface area is 148 Å². The highest BCUT2D eigenvalue weighted by atomic mass is 32.2. The molecule has 0 bridgehead atoms. The molecular formula is C16H26N4O4S. The Morgan fingerprint density at radius 3 is 2.20 bits per heavy atom. The van der Waals surface area contributed by atoms with Gasteiger partial charge < -0.3 is 5.32 Å². The maximum Gasteiger partial charge on any atom is 0.293 e. The number of likely N-dealkylation sites (tertiary alicyclic amines) is 1. The van der Waals surface area contributed by atoms with E-state index in [1.807, 2.05) is 0 Å². The van der Waals surface area contributed by atoms with Crippen LogP contribution in [0.25, 0.3) is 0 Å². The zero-order chi connectivity index (χ0) is 19.2. The number of rotatable bonds is 4. The molecule has 0 amide bonds. The van der Waals surface area contributed by atoms with Gasteiger partial charge in [-0.3, -0.25) is 15.0 Å². The summed E-state index contributed by atoms with van der Waals surface area (Å²) in [5, 5.41) is 19.7. The average Bonchev–Trinajstić information content (AvgIpc) is 2.43. The predicted octanol–water partition coefficient (Wildman–Crippen LogP) is 2.31. The fraction of sp³-hybridized carbons (Fsp3) is 0.625. The first-order valence-corrected chi connectivity index (χ1v) is 9.60. The third-order valence-corrected chi connectivity index (χ3v) is 6.07. The molecule has 1 heterocycles. The van der Waals surface area contributed by atoms with Gasteiger partial charge in [0, 0.05) is 23.2 Å². The van der Waals surface area contributed by atoms with Crippen molar-refractivity contribution in [1.29, 1.82) is 0 Å². The van der Waals surface area contributed by atoms with E-state index in [9.17, 15) is 18.5 Å². The second kappa shape index (κ2) is 6.22. The molecule has 0 atom stereocenters. The van der Waals surface area contributed by atoms with Gasteiger partial charge >= 0.3 is 0 Å². The number of hydrogen-bond acceptors (Lipinski definition) is 6. The van der Waals surface area contributed by atoms with Crippen LogP contribution in [0.3, 0.4) is 0 Å². The third-order valence-electron chi connectivity index (χ3n) is 5.16. The van der Waals surface area contributed by atoms with E-state index in [1.165, 1.54) is 12.1 Å². The number of sulfonamides is 1. The maximum absolute atomic E-state index is 11.4. The zero-order valence-electron chi connectivity index (χ0n) is 15.2. The van der Waals surface area contributed by atoms with E-state index in [2.05, 4.69) is 45.0 Å². The number of nitro groups is 1. The Bertz CT molecular complexity index is 771. The summed E-state index contributed by atoms with van der Waals surface area (Å²) in [4.78, 5) is 12.8. The van der Waals surface area contributed by atoms with E-state index in [4.69, 9.17) is 5.14 Å². The fourth-order valence-corrected chi connectivity index (χ4v) is 4.19. The van der Waals surface area contributed by atoms with Crippen molar-refractivity contribution in [3.05, 3.63) is 28.3 Å². The monoisotopic (exact) mass is 370 g/mol. The summed E-state index contributed by atoms with van der Waals surface area (Å²) in [7, 11) is -1.91. The molecule has 0 aromatic heterocycles. The molecule has 0 spiro atoms. The van der Waals surface area contributed by atoms with E-state index in [0.717, 1.165) is 18.9 Å². The Morgan fingerprint density at radius 1 is 1.24 bits per heavy atom. The summed E-state index contributed by atoms with van der Waals surface area (Å²) in [6.45, 7) is 8.56. The van der Waals surface area contributed by atoms with E-state index in [-0.39, 0.29) is 27.7 Å². The lowest BCUT2D eigenvalue weighted by molar-refractivity contribution is -0.384. The standard InChI is InChI=1S/C16H26N4O4S/c1-15(2)9-11(10-16(3,4)19(15)5)18-13-7-6-12(25(17,23)24)8-14(13)20(21)22/h6-8,11,18H,9-10H2,1-5H3,(H2,17,23,24). The number of nitro benzene ring substituents is 1. The SMILES string of the molecule is CN1C(C)(C)CC(Nc2ccc(S(N)(=O)=O)cc2[N+](=O)[O-])CC1(C)C. The first-order valence-electron chi connectivity index (χ1n) is 8.06. The van der Waals surface area contributed by atoms with Gasteiger partial charge in [-0.05, 0) is 59.7 Å². The van der Waals surface area contributed by atoms with Crippen molar-refractivity contribution in [2.75, 3.05) is 12.4 Å². The third kappa shape index (κ3) is 4.10. The Kier molecular flexibility index (Phi) is 4.88. The topological polar surface area (TPSA) is 119 Å². The molecule has 1 aromatic rings. The van der Waals surface area contributed by atoms with Crippen molar-refractivity contribution in [2.45, 2.75) is 62.6 Å². The molecular weight excluding hydrogens is 344 g/mol. The first kappa shape index (κ1) is 19.6. The highest BCUT2D eigenvalue weighted by Crippen LogP contribution is 2.39. The molecule has 1 fully saturated rings. The first-order chi connectivity index (χ1) is 11.2. The summed E-state index contributed by atoms with van der Waals surface area (Å²) < 4.78 is 22.9. The molecule has 140 valence electrons. The quantitative estimate of drug-likeness (QED) is 0.620. The second-order valence-electron chi connectivity index (χ2n) is 7.91. The number of nitrogens with two attached hydrogens (primary N) is 1. The lowest BCUT2D eigenvalue weighted by Crippen LogP contribution is -2.61. The smallest absolute Gasteiger partial charge is 0.293 e. The van der Waals surface area contributed by atoms with Crippen LogP contribution in [0.4, 0.5) is 11.4 Å². The van der Waals surface area contributed by atoms with Crippen LogP contribution in [-0.4, -0.2) is 42.4 Å². The summed E-state index contributed by atoms with van der Waals surface area (Å²) in [6.07, 6.45) is 1.61. The van der Waals surface area contributed by atoms with E-state index in [1.54, 1.807) is 0 Å². The molecule has 0 aliphatic carbocycles. The minimum atomic E-state index is -3.99. The molecule has 8 nitrogen and oxygen atoms in total. The van der Waals surface area contributed by atoms with Crippen molar-refractivity contribution in [2.24, 2.45) is 5.14 Å². The summed E-state index contributed by atoms with van der Waals surface area (Å²) in [6, 6.07) is 3.73. The minimum Gasteiger partial charge on any atom is -0.377 e. The second-order valence-corrected chi connectivity index (χ2v) is 9.48. The number of anilines is 1. The van der Waals surface area contributed by atoms with E-state index < -0.39 is 14.9 Å². The Morgan fingerprint density at radius 2 is 1.76 bits per heavy atom. The molecule has 0 unspecified atom stereocenters. The van der Waals surface area contributed by atoms with Gasteiger partial charge in [-0.15, -0.1) is 0 Å². The van der Waals surface area contributed by atoms with Crippen molar-refractivity contribution in [3.63, 3.8) is 0 Å². The van der Waals surface area contributed by atoms with Crippen LogP contribution < -0.4 is 10.5 Å². The van der Waals surface area contributed by atoms with Gasteiger partial charge in [0.25, 0.3) is 5.69 Å². The molecule has 9 heteroatoms. The normalized spacial score (nSPS) is 21.0. The molecule has 0 radical (unpaired) electrons. The molecule has 1 aromatic carbocycles. The van der Waals surface area contributed by atoms with Gasteiger partial charge in [-0.2, -0.15) is 0 Å². The molecule has 1 aliphatic rings. The summed E-state index contributed by atoms with van der Waals surface area (Å²) >= 11 is 0. The highest BCUT2D eigenvalue weighted by Gasteiger charge is 2.43. The Hall–Kier alpha value is -1.71. The van der Waals surface area contributed by atoms with Crippen LogP contribution in [0.15, 0.2) is 23.1 Å². The van der Waals surface area contributed by atoms with E-state index >= 15 is 0 Å². The fourth-order valence-electron chi connectivity index (χ4n) is 3.65. The van der Waals surface area contributed by atoms with Crippen LogP contribution in [0.1, 0.15) is 40.5 Å². The molecule has 0 saturated carbocycles. The van der Waals surface area contributed by atoms with Gasteiger partial charge in [0.15, 0.2) is 0 Å². The van der Waals surface area contributed by atoms with Gasteiger partial charge in [0.1, 0.15) is 5.69 Å². The van der Waals surface area contributed by atoms with Gasteiger partial charge in [0.05, 0.1) is 9.82 Å². The lowest BCUT2D eigenvalue weighted by atomic mass is 9.77. The van der Waals surface area contributed by atoms with Gasteiger partial charge in [-0.1, -0.05) is 0 Å². The molecule has 1 aliphatic heterocycles. The minimum absolute atomic E-state index is 0.0280. The maximum atomic E-state index is 11.4. The van der Waals surface area contributed by atoms with Crippen LogP contribution in [0.2, 0.25) is 0 Å². The summed E-state index contributed by atoms with van der Waals surface area (Å²) in [5.74, 6) is 0. The predicted molar refractivity (Wildman–Crippen MR) is 97.0 cm³/mol. The van der Waals surface area contributed by atoms with Crippen molar-refractivity contribution in [3.8, 4) is 0 Å². The number of primary sulfonamides is 1. The molecule has 3 N–H and O–H groups in total. The number of benzene rings is 1. The van der Waals surface area contributed by atoms with Crippen molar-refractivity contribution < 1.29 is 13.3 Å². The molecule has 25 heavy (non-hydrogen) atoms. The van der Waals surface area contributed by atoms with Crippen LogP contribution in [-0.2, 0) is 10.0 Å². The molecule has 2 rings (SSSR count). The number of piperidine rings is 1. The van der Waals surface area contributed by atoms with Crippen LogP contribution >= 0.6 is 0 Å². The van der Waals surface area contributed by atoms with Crippen LogP contribution in [0, 0.1) is 10.1 Å². The van der Waals surface area contributed by atoms with Crippen LogP contribution in [0.5, 0.6) is 0 Å². The number of hydrogen-bond donors (Lipinski definition) is 2. The van der Waals surface area contributed by atoms with Gasteiger partial charge in [-0.25, -0.2) is 13.6 Å². The molecule has 1 saturated heterocycles. The highest BCUT2D eigenvalue weighted by molar-refractivity contribution is 7.89. The zero-order valence-corrected chi connectivity index (χ0v) is 16.1. The summed E-state index contributed by atoms with van der Waals surface area (Å²) in [5.41, 5.74) is -0.136. The average molecular weight is 370 g/mol. The van der Waals surface area contributed by atoms with Crippen molar-refractivity contribution in [1.82, 2.24) is 4.90 Å². The Balaban J connectivity index is 2.36. The largest absolute Gasteiger partial charge is 0.377 e. The van der Waals surface area contributed by atoms with Gasteiger partial charge in [0.2, 0.25) is 10.0 Å².